The molecule has 4 aromatic rings. The predicted octanol–water partition coefficient (Wildman–Crippen LogP) is 4.25. The molecule has 1 atom stereocenters. The van der Waals surface area contributed by atoms with E-state index in [9.17, 15) is 9.59 Å². The van der Waals surface area contributed by atoms with Gasteiger partial charge in [-0.25, -0.2) is 5.01 Å². The highest BCUT2D eigenvalue weighted by Gasteiger charge is 2.35. The maximum absolute atomic E-state index is 13.8. The van der Waals surface area contributed by atoms with Crippen LogP contribution in [0.25, 0.3) is 0 Å². The summed E-state index contributed by atoms with van der Waals surface area (Å²) in [5.74, 6) is 2.41. The van der Waals surface area contributed by atoms with Crippen LogP contribution >= 0.6 is 11.8 Å². The Hall–Kier alpha value is -5.04. The third kappa shape index (κ3) is 6.73. The molecule has 1 aliphatic rings. The molecule has 5 rings (SSSR count). The van der Waals surface area contributed by atoms with Crippen LogP contribution in [0.5, 0.6) is 23.0 Å². The first-order valence-corrected chi connectivity index (χ1v) is 15.0. The SMILES string of the molecule is COc1ccc(C2=NN(C(=O)CSc3nnc(CNC(=O)c4ccccc4OC)n3C)[C@@H](c3cccc(OC)c3OC)C2)cc1. The Kier molecular flexibility index (Phi) is 9.88. The number of hydrogen-bond acceptors (Lipinski definition) is 10. The van der Waals surface area contributed by atoms with E-state index in [1.54, 1.807) is 57.2 Å². The number of rotatable bonds is 12. The van der Waals surface area contributed by atoms with Crippen LogP contribution in [0.15, 0.2) is 77.0 Å². The van der Waals surface area contributed by atoms with Gasteiger partial charge in [-0.2, -0.15) is 5.10 Å². The molecule has 0 radical (unpaired) electrons. The average Bonchev–Trinajstić information content (AvgIpc) is 3.69. The van der Waals surface area contributed by atoms with Crippen molar-refractivity contribution in [2.45, 2.75) is 24.2 Å². The number of amides is 2. The van der Waals surface area contributed by atoms with Crippen molar-refractivity contribution in [2.24, 2.45) is 12.1 Å². The van der Waals surface area contributed by atoms with Gasteiger partial charge in [0.2, 0.25) is 0 Å². The highest BCUT2D eigenvalue weighted by Crippen LogP contribution is 2.42. The van der Waals surface area contributed by atoms with Gasteiger partial charge in [0.25, 0.3) is 11.8 Å². The van der Waals surface area contributed by atoms with Gasteiger partial charge in [0.05, 0.1) is 58.1 Å². The fourth-order valence-corrected chi connectivity index (χ4v) is 5.80. The van der Waals surface area contributed by atoms with E-state index < -0.39 is 6.04 Å². The number of carbonyl (C=O) groups is 2. The van der Waals surface area contributed by atoms with Gasteiger partial charge in [0.15, 0.2) is 22.5 Å². The quantitative estimate of drug-likeness (QED) is 0.229. The summed E-state index contributed by atoms with van der Waals surface area (Å²) in [6, 6.07) is 19.7. The Labute approximate surface area is 265 Å². The average molecular weight is 631 g/mol. The largest absolute Gasteiger partial charge is 0.497 e. The van der Waals surface area contributed by atoms with Gasteiger partial charge in [0, 0.05) is 19.0 Å². The van der Waals surface area contributed by atoms with Crippen LogP contribution in [0.2, 0.25) is 0 Å². The third-order valence-corrected chi connectivity index (χ3v) is 8.40. The molecule has 1 aliphatic heterocycles. The van der Waals surface area contributed by atoms with Gasteiger partial charge in [-0.05, 0) is 48.0 Å². The summed E-state index contributed by atoms with van der Waals surface area (Å²) in [5.41, 5.74) is 2.86. The summed E-state index contributed by atoms with van der Waals surface area (Å²) < 4.78 is 23.6. The Balaban J connectivity index is 1.32. The second-order valence-corrected chi connectivity index (χ2v) is 10.9. The number of nitrogens with zero attached hydrogens (tertiary/aromatic N) is 5. The summed E-state index contributed by atoms with van der Waals surface area (Å²) in [6.07, 6.45) is 0.478. The van der Waals surface area contributed by atoms with Gasteiger partial charge in [-0.1, -0.05) is 36.0 Å². The molecule has 234 valence electrons. The van der Waals surface area contributed by atoms with Crippen molar-refractivity contribution in [3.05, 3.63) is 89.2 Å². The minimum absolute atomic E-state index is 0.0573. The Morgan fingerprint density at radius 1 is 0.889 bits per heavy atom. The van der Waals surface area contributed by atoms with Crippen LogP contribution in [0.4, 0.5) is 0 Å². The lowest BCUT2D eigenvalue weighted by molar-refractivity contribution is -0.130. The lowest BCUT2D eigenvalue weighted by Crippen LogP contribution is -2.29. The van der Waals surface area contributed by atoms with Crippen LogP contribution in [-0.2, 0) is 18.4 Å². The molecular formula is C32H34N6O6S. The van der Waals surface area contributed by atoms with E-state index in [-0.39, 0.29) is 24.1 Å². The van der Waals surface area contributed by atoms with Crippen molar-refractivity contribution in [2.75, 3.05) is 34.2 Å². The van der Waals surface area contributed by atoms with E-state index in [0.717, 1.165) is 22.6 Å². The molecule has 0 fully saturated rings. The maximum atomic E-state index is 13.8. The molecule has 45 heavy (non-hydrogen) atoms. The summed E-state index contributed by atoms with van der Waals surface area (Å²) in [7, 11) is 8.07. The first kappa shape index (κ1) is 31.4. The van der Waals surface area contributed by atoms with E-state index in [1.165, 1.54) is 23.9 Å². The minimum Gasteiger partial charge on any atom is -0.497 e. The second kappa shape index (κ2) is 14.2. The summed E-state index contributed by atoms with van der Waals surface area (Å²) in [5, 5.41) is 18.1. The van der Waals surface area contributed by atoms with Crippen molar-refractivity contribution in [1.29, 1.82) is 0 Å². The normalized spacial score (nSPS) is 14.1. The summed E-state index contributed by atoms with van der Waals surface area (Å²) >= 11 is 1.24. The zero-order valence-corrected chi connectivity index (χ0v) is 26.5. The molecule has 2 amide bonds. The number of benzene rings is 3. The fourth-order valence-electron chi connectivity index (χ4n) is 5.02. The number of hydrogen-bond donors (Lipinski definition) is 1. The molecule has 2 heterocycles. The lowest BCUT2D eigenvalue weighted by Gasteiger charge is -2.24. The number of aromatic nitrogens is 3. The molecule has 0 saturated heterocycles. The van der Waals surface area contributed by atoms with E-state index in [2.05, 4.69) is 15.5 Å². The smallest absolute Gasteiger partial charge is 0.255 e. The van der Waals surface area contributed by atoms with Gasteiger partial charge in [-0.15, -0.1) is 10.2 Å². The number of ether oxygens (including phenoxy) is 4. The van der Waals surface area contributed by atoms with Gasteiger partial charge < -0.3 is 28.8 Å². The number of thioether (sulfide) groups is 1. The third-order valence-electron chi connectivity index (χ3n) is 7.39. The van der Waals surface area contributed by atoms with Crippen molar-refractivity contribution < 1.29 is 28.5 Å². The second-order valence-electron chi connectivity index (χ2n) is 9.95. The number of nitrogens with one attached hydrogen (secondary N) is 1. The first-order chi connectivity index (χ1) is 21.9. The van der Waals surface area contributed by atoms with Crippen molar-refractivity contribution in [3.63, 3.8) is 0 Å². The molecule has 12 nitrogen and oxygen atoms in total. The molecule has 1 aromatic heterocycles. The molecule has 0 saturated carbocycles. The number of carbonyl (C=O) groups excluding carboxylic acids is 2. The Bertz CT molecular complexity index is 1710. The monoisotopic (exact) mass is 630 g/mol. The molecule has 1 N–H and O–H groups in total. The molecule has 0 aliphatic carbocycles. The molecule has 0 unspecified atom stereocenters. The molecular weight excluding hydrogens is 596 g/mol. The van der Waals surface area contributed by atoms with E-state index in [1.807, 2.05) is 42.5 Å². The van der Waals surface area contributed by atoms with Gasteiger partial charge in [0.1, 0.15) is 11.5 Å². The van der Waals surface area contributed by atoms with Gasteiger partial charge in [-0.3, -0.25) is 9.59 Å². The summed E-state index contributed by atoms with van der Waals surface area (Å²) in [6.45, 7) is 0.147. The number of para-hydroxylation sites is 2. The van der Waals surface area contributed by atoms with Crippen LogP contribution in [0.1, 0.15) is 39.8 Å². The van der Waals surface area contributed by atoms with Crippen LogP contribution in [-0.4, -0.2) is 71.5 Å². The predicted molar refractivity (Wildman–Crippen MR) is 169 cm³/mol. The molecule has 13 heteroatoms. The lowest BCUT2D eigenvalue weighted by atomic mass is 9.97. The van der Waals surface area contributed by atoms with Crippen molar-refractivity contribution in [3.8, 4) is 23.0 Å². The zero-order chi connectivity index (χ0) is 31.9. The molecule has 0 spiro atoms. The van der Waals surface area contributed by atoms with E-state index in [0.29, 0.717) is 40.2 Å². The Morgan fingerprint density at radius 2 is 1.62 bits per heavy atom. The van der Waals surface area contributed by atoms with Gasteiger partial charge >= 0.3 is 0 Å². The van der Waals surface area contributed by atoms with Crippen molar-refractivity contribution >= 4 is 29.3 Å². The highest BCUT2D eigenvalue weighted by molar-refractivity contribution is 7.99. The summed E-state index contributed by atoms with van der Waals surface area (Å²) in [4.78, 5) is 26.5. The number of hydrazone groups is 1. The van der Waals surface area contributed by atoms with E-state index >= 15 is 0 Å². The minimum atomic E-state index is -0.416. The fraction of sp³-hybridized carbons (Fsp3) is 0.281. The Morgan fingerprint density at radius 3 is 2.33 bits per heavy atom. The van der Waals surface area contributed by atoms with E-state index in [4.69, 9.17) is 24.0 Å². The van der Waals surface area contributed by atoms with Crippen LogP contribution < -0.4 is 24.3 Å². The topological polar surface area (TPSA) is 129 Å². The van der Waals surface area contributed by atoms with Crippen molar-refractivity contribution in [1.82, 2.24) is 25.1 Å². The zero-order valence-electron chi connectivity index (χ0n) is 25.6. The molecule has 0 bridgehead atoms. The number of methoxy groups -OCH3 is 4. The molecule has 3 aromatic carbocycles. The first-order valence-electron chi connectivity index (χ1n) is 14.1. The standard InChI is InChI=1S/C32H34N6O6S/c1-37-28(18-33-31(40)23-9-6-7-11-26(23)42-3)34-35-32(37)45-19-29(39)38-25(22-10-8-12-27(43-4)30(22)44-5)17-24(36-38)20-13-15-21(41-2)16-14-20/h6-16,25H,17-19H2,1-5H3,(H,33,40)/t25-/m1/s1. The van der Waals surface area contributed by atoms with Crippen LogP contribution in [0, 0.1) is 0 Å². The maximum Gasteiger partial charge on any atom is 0.255 e. The van der Waals surface area contributed by atoms with Crippen LogP contribution in [0.3, 0.4) is 0 Å². The highest BCUT2D eigenvalue weighted by atomic mass is 32.2.